The van der Waals surface area contributed by atoms with Crippen LogP contribution in [0.25, 0.3) is 0 Å². The molecule has 0 aromatic heterocycles. The molecular weight excluding hydrogens is 254 g/mol. The zero-order valence-corrected chi connectivity index (χ0v) is 11.8. The minimum atomic E-state index is -0.174. The van der Waals surface area contributed by atoms with Crippen molar-refractivity contribution in [2.24, 2.45) is 5.92 Å². The SMILES string of the molecule is Cc1cc(C#CCO)cc(NC(=O)C2CCOC2C)c1. The number of amides is 1. The molecule has 0 radical (unpaired) electrons. The third-order valence-corrected chi connectivity index (χ3v) is 3.37. The lowest BCUT2D eigenvalue weighted by molar-refractivity contribution is -0.121. The van der Waals surface area contributed by atoms with Gasteiger partial charge in [-0.15, -0.1) is 0 Å². The van der Waals surface area contributed by atoms with E-state index in [2.05, 4.69) is 17.2 Å². The van der Waals surface area contributed by atoms with Crippen molar-refractivity contribution < 1.29 is 14.6 Å². The molecule has 1 aliphatic heterocycles. The number of carbonyl (C=O) groups is 1. The Labute approximate surface area is 119 Å². The number of aryl methyl sites for hydroxylation is 1. The van der Waals surface area contributed by atoms with Gasteiger partial charge in [-0.25, -0.2) is 0 Å². The fraction of sp³-hybridized carbons (Fsp3) is 0.438. The van der Waals surface area contributed by atoms with E-state index in [1.807, 2.05) is 32.0 Å². The Morgan fingerprint density at radius 3 is 2.95 bits per heavy atom. The minimum Gasteiger partial charge on any atom is -0.384 e. The average Bonchev–Trinajstić information content (AvgIpc) is 2.82. The van der Waals surface area contributed by atoms with Crippen LogP contribution in [0, 0.1) is 24.7 Å². The standard InChI is InChI=1S/C16H19NO3/c1-11-8-13(4-3-6-18)10-14(9-11)17-16(19)15-5-7-20-12(15)2/h8-10,12,15,18H,5-7H2,1-2H3,(H,17,19). The second kappa shape index (κ2) is 6.56. The predicted octanol–water partition coefficient (Wildman–Crippen LogP) is 1.70. The van der Waals surface area contributed by atoms with Crippen molar-refractivity contribution in [1.29, 1.82) is 0 Å². The lowest BCUT2D eigenvalue weighted by Crippen LogP contribution is -2.27. The Balaban J connectivity index is 2.12. The summed E-state index contributed by atoms with van der Waals surface area (Å²) in [7, 11) is 0. The quantitative estimate of drug-likeness (QED) is 0.806. The first-order valence-corrected chi connectivity index (χ1v) is 6.74. The maximum atomic E-state index is 12.2. The van der Waals surface area contributed by atoms with Gasteiger partial charge in [0.15, 0.2) is 0 Å². The number of hydrogen-bond acceptors (Lipinski definition) is 3. The third kappa shape index (κ3) is 3.60. The number of nitrogens with one attached hydrogen (secondary N) is 1. The van der Waals surface area contributed by atoms with E-state index in [0.29, 0.717) is 6.61 Å². The Hall–Kier alpha value is -1.83. The molecule has 1 amide bonds. The number of aliphatic hydroxyl groups is 1. The van der Waals surface area contributed by atoms with Crippen LogP contribution in [0.2, 0.25) is 0 Å². The van der Waals surface area contributed by atoms with Crippen molar-refractivity contribution >= 4 is 11.6 Å². The number of hydrogen-bond donors (Lipinski definition) is 2. The van der Waals surface area contributed by atoms with E-state index in [4.69, 9.17) is 9.84 Å². The van der Waals surface area contributed by atoms with Crippen molar-refractivity contribution in [3.05, 3.63) is 29.3 Å². The summed E-state index contributed by atoms with van der Waals surface area (Å²) in [6.45, 7) is 4.33. The molecule has 1 aromatic rings. The molecule has 4 nitrogen and oxygen atoms in total. The van der Waals surface area contributed by atoms with Gasteiger partial charge < -0.3 is 15.2 Å². The highest BCUT2D eigenvalue weighted by atomic mass is 16.5. The highest BCUT2D eigenvalue weighted by molar-refractivity contribution is 5.93. The number of rotatable bonds is 2. The lowest BCUT2D eigenvalue weighted by atomic mass is 10.0. The molecule has 2 unspecified atom stereocenters. The molecule has 2 N–H and O–H groups in total. The van der Waals surface area contributed by atoms with Gasteiger partial charge in [0.2, 0.25) is 5.91 Å². The summed E-state index contributed by atoms with van der Waals surface area (Å²) in [6, 6.07) is 5.64. The molecule has 1 saturated heterocycles. The summed E-state index contributed by atoms with van der Waals surface area (Å²) >= 11 is 0. The number of ether oxygens (including phenoxy) is 1. The Kier molecular flexibility index (Phi) is 4.78. The van der Waals surface area contributed by atoms with Crippen LogP contribution in [0.1, 0.15) is 24.5 Å². The summed E-state index contributed by atoms with van der Waals surface area (Å²) < 4.78 is 5.41. The van der Waals surface area contributed by atoms with E-state index in [9.17, 15) is 4.79 Å². The molecule has 0 aliphatic carbocycles. The maximum Gasteiger partial charge on any atom is 0.230 e. The van der Waals surface area contributed by atoms with Crippen LogP contribution < -0.4 is 5.32 Å². The maximum absolute atomic E-state index is 12.2. The summed E-state index contributed by atoms with van der Waals surface area (Å²) in [5.41, 5.74) is 2.53. The molecule has 20 heavy (non-hydrogen) atoms. The molecule has 0 saturated carbocycles. The van der Waals surface area contributed by atoms with E-state index in [0.717, 1.165) is 23.2 Å². The highest BCUT2D eigenvalue weighted by Crippen LogP contribution is 2.23. The summed E-state index contributed by atoms with van der Waals surface area (Å²) in [5.74, 6) is 5.35. The van der Waals surface area contributed by atoms with Gasteiger partial charge in [-0.05, 0) is 44.0 Å². The molecular formula is C16H19NO3. The molecule has 1 aromatic carbocycles. The first kappa shape index (κ1) is 14.6. The van der Waals surface area contributed by atoms with E-state index >= 15 is 0 Å². The van der Waals surface area contributed by atoms with Gasteiger partial charge in [0.25, 0.3) is 0 Å². The van der Waals surface area contributed by atoms with Gasteiger partial charge in [0.05, 0.1) is 12.0 Å². The van der Waals surface area contributed by atoms with Gasteiger partial charge in [0.1, 0.15) is 6.61 Å². The van der Waals surface area contributed by atoms with Crippen LogP contribution >= 0.6 is 0 Å². The van der Waals surface area contributed by atoms with Crippen molar-refractivity contribution in [2.45, 2.75) is 26.4 Å². The molecule has 2 rings (SSSR count). The third-order valence-electron chi connectivity index (χ3n) is 3.37. The smallest absolute Gasteiger partial charge is 0.230 e. The summed E-state index contributed by atoms with van der Waals surface area (Å²) in [5, 5.41) is 11.6. The topological polar surface area (TPSA) is 58.6 Å². The normalized spacial score (nSPS) is 21.1. The molecule has 1 heterocycles. The van der Waals surface area contributed by atoms with E-state index in [1.165, 1.54) is 0 Å². The zero-order valence-electron chi connectivity index (χ0n) is 11.8. The monoisotopic (exact) mass is 273 g/mol. The Bertz CT molecular complexity index is 557. The van der Waals surface area contributed by atoms with Crippen molar-refractivity contribution in [2.75, 3.05) is 18.5 Å². The van der Waals surface area contributed by atoms with Gasteiger partial charge >= 0.3 is 0 Å². The lowest BCUT2D eigenvalue weighted by Gasteiger charge is -2.14. The van der Waals surface area contributed by atoms with Crippen LogP contribution in [0.4, 0.5) is 5.69 Å². The molecule has 0 spiro atoms. The zero-order chi connectivity index (χ0) is 14.5. The number of benzene rings is 1. The van der Waals surface area contributed by atoms with Crippen molar-refractivity contribution in [3.8, 4) is 11.8 Å². The van der Waals surface area contributed by atoms with Crippen LogP contribution in [-0.2, 0) is 9.53 Å². The largest absolute Gasteiger partial charge is 0.384 e. The Morgan fingerprint density at radius 2 is 2.30 bits per heavy atom. The molecule has 2 atom stereocenters. The van der Waals surface area contributed by atoms with E-state index < -0.39 is 0 Å². The van der Waals surface area contributed by atoms with E-state index in [1.54, 1.807) is 0 Å². The Morgan fingerprint density at radius 1 is 1.50 bits per heavy atom. The predicted molar refractivity (Wildman–Crippen MR) is 77.3 cm³/mol. The number of aliphatic hydroxyl groups excluding tert-OH is 1. The second-order valence-electron chi connectivity index (χ2n) is 5.01. The first-order chi connectivity index (χ1) is 9.60. The van der Waals surface area contributed by atoms with Crippen LogP contribution in [0.3, 0.4) is 0 Å². The van der Waals surface area contributed by atoms with Crippen LogP contribution in [0.5, 0.6) is 0 Å². The van der Waals surface area contributed by atoms with E-state index in [-0.39, 0.29) is 24.5 Å². The number of carbonyl (C=O) groups excluding carboxylic acids is 1. The molecule has 1 fully saturated rings. The van der Waals surface area contributed by atoms with Crippen molar-refractivity contribution in [3.63, 3.8) is 0 Å². The first-order valence-electron chi connectivity index (χ1n) is 6.74. The summed E-state index contributed by atoms with van der Waals surface area (Å²) in [6.07, 6.45) is 0.726. The number of anilines is 1. The van der Waals surface area contributed by atoms with Crippen molar-refractivity contribution in [1.82, 2.24) is 0 Å². The molecule has 1 aliphatic rings. The fourth-order valence-electron chi connectivity index (χ4n) is 2.38. The molecule has 106 valence electrons. The average molecular weight is 273 g/mol. The highest BCUT2D eigenvalue weighted by Gasteiger charge is 2.30. The van der Waals surface area contributed by atoms with Gasteiger partial charge in [-0.2, -0.15) is 0 Å². The summed E-state index contributed by atoms with van der Waals surface area (Å²) in [4.78, 5) is 12.2. The molecule has 4 heteroatoms. The second-order valence-corrected chi connectivity index (χ2v) is 5.01. The van der Waals surface area contributed by atoms with Gasteiger partial charge in [-0.3, -0.25) is 4.79 Å². The molecule has 0 bridgehead atoms. The van der Waals surface area contributed by atoms with Gasteiger partial charge in [0, 0.05) is 17.9 Å². The van der Waals surface area contributed by atoms with Crippen LogP contribution in [0.15, 0.2) is 18.2 Å². The van der Waals surface area contributed by atoms with Gasteiger partial charge in [-0.1, -0.05) is 11.8 Å². The fourth-order valence-corrected chi connectivity index (χ4v) is 2.38. The van der Waals surface area contributed by atoms with Crippen LogP contribution in [-0.4, -0.2) is 30.3 Å². The minimum absolute atomic E-state index is 0.0123.